The van der Waals surface area contributed by atoms with Gasteiger partial charge in [0, 0.05) is 23.0 Å². The summed E-state index contributed by atoms with van der Waals surface area (Å²) in [5.41, 5.74) is 3.69. The Morgan fingerprint density at radius 1 is 1.08 bits per heavy atom. The fourth-order valence-corrected chi connectivity index (χ4v) is 4.04. The van der Waals surface area contributed by atoms with Gasteiger partial charge in [-0.25, -0.2) is 4.79 Å². The zero-order chi connectivity index (χ0) is 17.1. The highest BCUT2D eigenvalue weighted by Gasteiger charge is 2.48. The van der Waals surface area contributed by atoms with E-state index in [2.05, 4.69) is 10.3 Å². The quantitative estimate of drug-likeness (QED) is 0.598. The molecule has 6 heteroatoms. The first-order valence-electron chi connectivity index (χ1n) is 8.15. The van der Waals surface area contributed by atoms with E-state index in [-0.39, 0.29) is 11.7 Å². The van der Waals surface area contributed by atoms with Gasteiger partial charge >= 0.3 is 6.03 Å². The maximum Gasteiger partial charge on any atom is 0.325 e. The van der Waals surface area contributed by atoms with Crippen LogP contribution in [0.4, 0.5) is 4.79 Å². The van der Waals surface area contributed by atoms with E-state index in [1.54, 1.807) is 23.1 Å². The van der Waals surface area contributed by atoms with Crippen LogP contribution in [0.15, 0.2) is 48.5 Å². The summed E-state index contributed by atoms with van der Waals surface area (Å²) in [4.78, 5) is 29.7. The van der Waals surface area contributed by atoms with Crippen molar-refractivity contribution in [1.29, 1.82) is 0 Å². The van der Waals surface area contributed by atoms with Crippen LogP contribution < -0.4 is 5.32 Å². The Bertz CT molecular complexity index is 1040. The Morgan fingerprint density at radius 2 is 1.92 bits per heavy atom. The molecule has 5 rings (SSSR count). The molecule has 0 radical (unpaired) electrons. The monoisotopic (exact) mass is 333 g/mol. The fourth-order valence-electron chi connectivity index (χ4n) is 4.04. The van der Waals surface area contributed by atoms with Crippen LogP contribution in [0.1, 0.15) is 22.9 Å². The number of urea groups is 1. The maximum atomic E-state index is 12.4. The van der Waals surface area contributed by atoms with Crippen molar-refractivity contribution in [2.75, 3.05) is 0 Å². The number of para-hydroxylation sites is 1. The lowest BCUT2D eigenvalue weighted by Gasteiger charge is -2.35. The van der Waals surface area contributed by atoms with E-state index in [1.807, 2.05) is 30.3 Å². The van der Waals surface area contributed by atoms with Gasteiger partial charge in [-0.2, -0.15) is 0 Å². The van der Waals surface area contributed by atoms with E-state index >= 15 is 0 Å². The van der Waals surface area contributed by atoms with Gasteiger partial charge in [-0.15, -0.1) is 0 Å². The van der Waals surface area contributed by atoms with Crippen LogP contribution in [0, 0.1) is 0 Å². The third kappa shape index (κ3) is 1.91. The van der Waals surface area contributed by atoms with E-state index < -0.39 is 18.1 Å². The number of H-pyrrole nitrogens is 1. The van der Waals surface area contributed by atoms with Crippen molar-refractivity contribution in [2.45, 2.75) is 18.5 Å². The number of hydrogen-bond donors (Lipinski definition) is 3. The Morgan fingerprint density at radius 3 is 2.76 bits per heavy atom. The lowest BCUT2D eigenvalue weighted by Crippen LogP contribution is -2.44. The molecule has 3 N–H and O–H groups in total. The number of aromatic amines is 1. The molecule has 0 bridgehead atoms. The van der Waals surface area contributed by atoms with Gasteiger partial charge in [-0.05, 0) is 29.3 Å². The lowest BCUT2D eigenvalue weighted by molar-refractivity contribution is -0.121. The molecular formula is C19H15N3O3. The molecule has 0 aliphatic carbocycles. The SMILES string of the molecule is O=C1NC(=O)N2C1Cc1c([nH]c3ccccc13)C2c1cccc(O)c1. The number of carbonyl (C=O) groups is 2. The standard InChI is InChI=1S/C19H15N3O3/c23-11-5-3-4-10(8-11)17-16-13(12-6-1-2-7-14(12)20-16)9-15-18(24)21-19(25)22(15)17/h1-8,15,17,20,23H,9H2,(H,21,24,25). The van der Waals surface area contributed by atoms with E-state index in [4.69, 9.17) is 0 Å². The Balaban J connectivity index is 1.79. The number of phenolic OH excluding ortho intramolecular Hbond substituents is 1. The normalized spacial score (nSPS) is 22.0. The second-order valence-electron chi connectivity index (χ2n) is 6.48. The number of imide groups is 1. The summed E-state index contributed by atoms with van der Waals surface area (Å²) in [6, 6.07) is 13.4. The number of fused-ring (bicyclic) bond motifs is 4. The summed E-state index contributed by atoms with van der Waals surface area (Å²) in [5.74, 6) is -0.144. The van der Waals surface area contributed by atoms with Crippen molar-refractivity contribution in [2.24, 2.45) is 0 Å². The number of nitrogens with one attached hydrogen (secondary N) is 2. The average Bonchev–Trinajstić information content (AvgIpc) is 3.11. The van der Waals surface area contributed by atoms with Gasteiger partial charge in [0.05, 0.1) is 0 Å². The molecule has 3 amide bonds. The zero-order valence-corrected chi connectivity index (χ0v) is 13.2. The summed E-state index contributed by atoms with van der Waals surface area (Å²) >= 11 is 0. The number of benzene rings is 2. The van der Waals surface area contributed by atoms with E-state index in [9.17, 15) is 14.7 Å². The molecule has 1 saturated heterocycles. The Labute approximate surface area is 143 Å². The van der Waals surface area contributed by atoms with Crippen molar-refractivity contribution >= 4 is 22.8 Å². The molecule has 2 aliphatic heterocycles. The van der Waals surface area contributed by atoms with Crippen LogP contribution >= 0.6 is 0 Å². The second kappa shape index (κ2) is 4.86. The number of aromatic nitrogens is 1. The highest BCUT2D eigenvalue weighted by Crippen LogP contribution is 2.42. The molecule has 25 heavy (non-hydrogen) atoms. The van der Waals surface area contributed by atoms with Crippen LogP contribution in [0.3, 0.4) is 0 Å². The van der Waals surface area contributed by atoms with Gasteiger partial charge in [-0.1, -0.05) is 30.3 Å². The molecule has 2 aromatic carbocycles. The summed E-state index contributed by atoms with van der Waals surface area (Å²) < 4.78 is 0. The number of amides is 3. The molecule has 0 spiro atoms. The minimum atomic E-state index is -0.536. The van der Waals surface area contributed by atoms with E-state index in [0.717, 1.165) is 27.7 Å². The molecule has 1 fully saturated rings. The van der Waals surface area contributed by atoms with Crippen LogP contribution in [0.2, 0.25) is 0 Å². The van der Waals surface area contributed by atoms with E-state index in [1.165, 1.54) is 0 Å². The second-order valence-corrected chi connectivity index (χ2v) is 6.48. The number of nitrogens with zero attached hydrogens (tertiary/aromatic N) is 1. The van der Waals surface area contributed by atoms with Gasteiger partial charge in [0.1, 0.15) is 17.8 Å². The number of aromatic hydroxyl groups is 1. The van der Waals surface area contributed by atoms with Crippen molar-refractivity contribution in [3.05, 3.63) is 65.4 Å². The highest BCUT2D eigenvalue weighted by molar-refractivity contribution is 6.05. The zero-order valence-electron chi connectivity index (χ0n) is 13.2. The fraction of sp³-hybridized carbons (Fsp3) is 0.158. The largest absolute Gasteiger partial charge is 0.508 e. The number of phenols is 1. The number of rotatable bonds is 1. The predicted molar refractivity (Wildman–Crippen MR) is 91.1 cm³/mol. The molecule has 1 aromatic heterocycles. The average molecular weight is 333 g/mol. The topological polar surface area (TPSA) is 85.4 Å². The van der Waals surface area contributed by atoms with Crippen LogP contribution in [-0.2, 0) is 11.2 Å². The molecule has 3 aromatic rings. The van der Waals surface area contributed by atoms with Crippen LogP contribution in [-0.4, -0.2) is 33.0 Å². The minimum Gasteiger partial charge on any atom is -0.508 e. The van der Waals surface area contributed by atoms with Crippen molar-refractivity contribution in [1.82, 2.24) is 15.2 Å². The maximum absolute atomic E-state index is 12.4. The van der Waals surface area contributed by atoms with E-state index in [0.29, 0.717) is 6.42 Å². The molecule has 2 aliphatic rings. The third-order valence-corrected chi connectivity index (χ3v) is 5.08. The Hall–Kier alpha value is -3.28. The van der Waals surface area contributed by atoms with Crippen molar-refractivity contribution in [3.63, 3.8) is 0 Å². The van der Waals surface area contributed by atoms with Gasteiger partial charge in [0.15, 0.2) is 0 Å². The van der Waals surface area contributed by atoms with Crippen LogP contribution in [0.25, 0.3) is 10.9 Å². The van der Waals surface area contributed by atoms with Crippen LogP contribution in [0.5, 0.6) is 5.75 Å². The lowest BCUT2D eigenvalue weighted by atomic mass is 9.89. The number of carbonyl (C=O) groups excluding carboxylic acids is 2. The van der Waals surface area contributed by atoms with Gasteiger partial charge in [0.25, 0.3) is 5.91 Å². The first-order chi connectivity index (χ1) is 12.1. The molecule has 124 valence electrons. The molecule has 0 saturated carbocycles. The van der Waals surface area contributed by atoms with Gasteiger partial charge < -0.3 is 10.1 Å². The summed E-state index contributed by atoms with van der Waals surface area (Å²) in [6.45, 7) is 0. The molecule has 6 nitrogen and oxygen atoms in total. The smallest absolute Gasteiger partial charge is 0.325 e. The first-order valence-corrected chi connectivity index (χ1v) is 8.15. The summed E-state index contributed by atoms with van der Waals surface area (Å²) in [7, 11) is 0. The van der Waals surface area contributed by atoms with Gasteiger partial charge in [-0.3, -0.25) is 15.0 Å². The summed E-state index contributed by atoms with van der Waals surface area (Å²) in [6.07, 6.45) is 0.478. The van der Waals surface area contributed by atoms with Crippen molar-refractivity contribution in [3.8, 4) is 5.75 Å². The highest BCUT2D eigenvalue weighted by atomic mass is 16.3. The van der Waals surface area contributed by atoms with Crippen molar-refractivity contribution < 1.29 is 14.7 Å². The molecule has 3 heterocycles. The number of hydrogen-bond acceptors (Lipinski definition) is 3. The third-order valence-electron chi connectivity index (χ3n) is 5.08. The predicted octanol–water partition coefficient (Wildman–Crippen LogP) is 2.44. The van der Waals surface area contributed by atoms with Gasteiger partial charge in [0.2, 0.25) is 0 Å². The Kier molecular flexibility index (Phi) is 2.74. The summed E-state index contributed by atoms with van der Waals surface area (Å²) in [5, 5.41) is 13.4. The molecule has 2 atom stereocenters. The first kappa shape index (κ1) is 14.1. The molecular weight excluding hydrogens is 318 g/mol. The molecule has 2 unspecified atom stereocenters. The minimum absolute atomic E-state index is 0.128.